The van der Waals surface area contributed by atoms with E-state index >= 15 is 0 Å². The number of hydrogen-bond donors (Lipinski definition) is 1. The first-order chi connectivity index (χ1) is 10.3. The van der Waals surface area contributed by atoms with Crippen LogP contribution in [0.2, 0.25) is 0 Å². The second-order valence-corrected chi connectivity index (χ2v) is 4.74. The van der Waals surface area contributed by atoms with Crippen LogP contribution in [0, 0.1) is 0 Å². The Kier molecular flexibility index (Phi) is 5.43. The van der Waals surface area contributed by atoms with E-state index in [1.165, 1.54) is 5.56 Å². The maximum absolute atomic E-state index is 5.92. The average molecular weight is 286 g/mol. The lowest BCUT2D eigenvalue weighted by atomic mass is 10.1. The van der Waals surface area contributed by atoms with Gasteiger partial charge in [0.15, 0.2) is 11.5 Å². The second-order valence-electron chi connectivity index (χ2n) is 4.74. The van der Waals surface area contributed by atoms with Crippen molar-refractivity contribution in [2.75, 3.05) is 19.0 Å². The minimum Gasteiger partial charge on any atom is -0.493 e. The quantitative estimate of drug-likeness (QED) is 0.825. The molecule has 1 N–H and O–H groups in total. The number of nitrogens with zero attached hydrogens (tertiary/aromatic N) is 1. The smallest absolute Gasteiger partial charge is 0.169 e. The molecule has 0 aliphatic carbocycles. The number of rotatable bonds is 7. The number of hydrogen-bond acceptors (Lipinski definition) is 4. The predicted molar refractivity (Wildman–Crippen MR) is 85.5 cm³/mol. The molecule has 112 valence electrons. The molecule has 0 saturated heterocycles. The molecule has 0 amide bonds. The fourth-order valence-electron chi connectivity index (χ4n) is 1.97. The van der Waals surface area contributed by atoms with Crippen LogP contribution in [-0.4, -0.2) is 18.6 Å². The van der Waals surface area contributed by atoms with Gasteiger partial charge in [-0.15, -0.1) is 0 Å². The molecule has 1 aromatic carbocycles. The highest BCUT2D eigenvalue weighted by molar-refractivity contribution is 5.47. The first-order valence-corrected chi connectivity index (χ1v) is 7.31. The molecule has 21 heavy (non-hydrogen) atoms. The van der Waals surface area contributed by atoms with Crippen LogP contribution in [0.1, 0.15) is 25.8 Å². The number of benzene rings is 1. The van der Waals surface area contributed by atoms with Crippen LogP contribution in [0.4, 0.5) is 5.82 Å². The molecule has 4 nitrogen and oxygen atoms in total. The van der Waals surface area contributed by atoms with E-state index in [-0.39, 0.29) is 0 Å². The molecule has 0 bridgehead atoms. The molecule has 2 aromatic rings. The first-order valence-electron chi connectivity index (χ1n) is 7.31. The van der Waals surface area contributed by atoms with E-state index in [0.717, 1.165) is 36.7 Å². The van der Waals surface area contributed by atoms with Gasteiger partial charge in [0.1, 0.15) is 11.6 Å². The molecule has 1 heterocycles. The average Bonchev–Trinajstić information content (AvgIpc) is 2.53. The molecule has 0 atom stereocenters. The van der Waals surface area contributed by atoms with Gasteiger partial charge in [-0.25, -0.2) is 4.98 Å². The largest absolute Gasteiger partial charge is 0.493 e. The molecule has 0 aliphatic heterocycles. The summed E-state index contributed by atoms with van der Waals surface area (Å²) in [5.74, 6) is 3.02. The number of methoxy groups -OCH3 is 1. The first kappa shape index (κ1) is 15.2. The van der Waals surface area contributed by atoms with Crippen molar-refractivity contribution >= 4 is 5.82 Å². The molecule has 1 aromatic heterocycles. The summed E-state index contributed by atoms with van der Waals surface area (Å²) in [7, 11) is 1.66. The number of ether oxygens (including phenoxy) is 2. The number of nitrogens with one attached hydrogen (secondary N) is 1. The van der Waals surface area contributed by atoms with Crippen molar-refractivity contribution in [3.05, 3.63) is 42.1 Å². The fourth-order valence-corrected chi connectivity index (χ4v) is 1.97. The van der Waals surface area contributed by atoms with Crippen LogP contribution >= 0.6 is 0 Å². The molecule has 0 radical (unpaired) electrons. The van der Waals surface area contributed by atoms with E-state index in [2.05, 4.69) is 30.2 Å². The monoisotopic (exact) mass is 286 g/mol. The lowest BCUT2D eigenvalue weighted by Crippen LogP contribution is -2.01. The van der Waals surface area contributed by atoms with Crippen LogP contribution in [0.5, 0.6) is 17.2 Å². The summed E-state index contributed by atoms with van der Waals surface area (Å²) in [6.45, 7) is 5.13. The zero-order valence-electron chi connectivity index (χ0n) is 12.8. The Bertz CT molecular complexity index is 585. The number of aryl methyl sites for hydroxylation is 1. The molecule has 0 spiro atoms. The van der Waals surface area contributed by atoms with Gasteiger partial charge in [0.25, 0.3) is 0 Å². The van der Waals surface area contributed by atoms with Crippen molar-refractivity contribution in [2.45, 2.75) is 26.7 Å². The number of pyridine rings is 1. The Morgan fingerprint density at radius 2 is 1.95 bits per heavy atom. The van der Waals surface area contributed by atoms with Gasteiger partial charge in [-0.1, -0.05) is 19.9 Å². The van der Waals surface area contributed by atoms with Gasteiger partial charge in [0.05, 0.1) is 7.11 Å². The van der Waals surface area contributed by atoms with Crippen molar-refractivity contribution in [1.82, 2.24) is 4.98 Å². The Morgan fingerprint density at radius 3 is 2.67 bits per heavy atom. The van der Waals surface area contributed by atoms with Crippen molar-refractivity contribution in [3.63, 3.8) is 0 Å². The lowest BCUT2D eigenvalue weighted by Gasteiger charge is -2.12. The zero-order valence-corrected chi connectivity index (χ0v) is 12.8. The Morgan fingerprint density at radius 1 is 1.10 bits per heavy atom. The van der Waals surface area contributed by atoms with Crippen LogP contribution in [0.25, 0.3) is 0 Å². The van der Waals surface area contributed by atoms with Gasteiger partial charge < -0.3 is 14.8 Å². The third-order valence-electron chi connectivity index (χ3n) is 3.15. The van der Waals surface area contributed by atoms with E-state index in [9.17, 15) is 0 Å². The zero-order chi connectivity index (χ0) is 15.1. The molecular formula is C17H22N2O2. The molecule has 0 aliphatic rings. The molecule has 2 rings (SSSR count). The van der Waals surface area contributed by atoms with Crippen LogP contribution < -0.4 is 14.8 Å². The summed E-state index contributed by atoms with van der Waals surface area (Å²) in [6.07, 6.45) is 3.76. The summed E-state index contributed by atoms with van der Waals surface area (Å²) < 4.78 is 11.3. The number of anilines is 1. The van der Waals surface area contributed by atoms with Gasteiger partial charge in [-0.3, -0.25) is 0 Å². The van der Waals surface area contributed by atoms with Gasteiger partial charge in [-0.2, -0.15) is 0 Å². The van der Waals surface area contributed by atoms with Crippen LogP contribution in [0.3, 0.4) is 0 Å². The van der Waals surface area contributed by atoms with Gasteiger partial charge in [0.2, 0.25) is 0 Å². The standard InChI is InChI=1S/C17H22N2O2/c1-4-9-18-17-12-14(8-10-19-17)21-15-7-6-13(5-2)11-16(15)20-3/h6-8,10-12H,4-5,9H2,1-3H3,(H,18,19). The summed E-state index contributed by atoms with van der Waals surface area (Å²) in [6, 6.07) is 9.73. The lowest BCUT2D eigenvalue weighted by molar-refractivity contribution is 0.378. The maximum atomic E-state index is 5.92. The predicted octanol–water partition coefficient (Wildman–Crippen LogP) is 4.27. The Labute approximate surface area is 126 Å². The molecule has 0 saturated carbocycles. The minimum absolute atomic E-state index is 0.711. The van der Waals surface area contributed by atoms with Gasteiger partial charge in [-0.05, 0) is 36.6 Å². The SMILES string of the molecule is CCCNc1cc(Oc2ccc(CC)cc2OC)ccn1. The normalized spacial score (nSPS) is 10.2. The van der Waals surface area contributed by atoms with Crippen molar-refractivity contribution in [3.8, 4) is 17.2 Å². The minimum atomic E-state index is 0.711. The highest BCUT2D eigenvalue weighted by atomic mass is 16.5. The molecule has 0 unspecified atom stereocenters. The maximum Gasteiger partial charge on any atom is 0.169 e. The van der Waals surface area contributed by atoms with E-state index in [0.29, 0.717) is 5.75 Å². The van der Waals surface area contributed by atoms with Crippen molar-refractivity contribution in [2.24, 2.45) is 0 Å². The van der Waals surface area contributed by atoms with Crippen molar-refractivity contribution < 1.29 is 9.47 Å². The van der Waals surface area contributed by atoms with Gasteiger partial charge >= 0.3 is 0 Å². The van der Waals surface area contributed by atoms with E-state index < -0.39 is 0 Å². The Balaban J connectivity index is 2.17. The van der Waals surface area contributed by atoms with Crippen LogP contribution in [0.15, 0.2) is 36.5 Å². The molecule has 0 fully saturated rings. The van der Waals surface area contributed by atoms with E-state index in [1.54, 1.807) is 13.3 Å². The summed E-state index contributed by atoms with van der Waals surface area (Å²) in [5, 5.41) is 3.24. The topological polar surface area (TPSA) is 43.4 Å². The summed E-state index contributed by atoms with van der Waals surface area (Å²) >= 11 is 0. The Hall–Kier alpha value is -2.23. The summed E-state index contributed by atoms with van der Waals surface area (Å²) in [4.78, 5) is 4.27. The van der Waals surface area contributed by atoms with E-state index in [1.807, 2.05) is 24.3 Å². The highest BCUT2D eigenvalue weighted by Gasteiger charge is 2.07. The van der Waals surface area contributed by atoms with E-state index in [4.69, 9.17) is 9.47 Å². The second kappa shape index (κ2) is 7.53. The third kappa shape index (κ3) is 4.12. The van der Waals surface area contributed by atoms with Crippen LogP contribution in [-0.2, 0) is 6.42 Å². The van der Waals surface area contributed by atoms with Crippen molar-refractivity contribution in [1.29, 1.82) is 0 Å². The molecule has 4 heteroatoms. The molecular weight excluding hydrogens is 264 g/mol. The summed E-state index contributed by atoms with van der Waals surface area (Å²) in [5.41, 5.74) is 1.22. The highest BCUT2D eigenvalue weighted by Crippen LogP contribution is 2.32. The fraction of sp³-hybridized carbons (Fsp3) is 0.353. The number of aromatic nitrogens is 1. The van der Waals surface area contributed by atoms with Gasteiger partial charge in [0, 0.05) is 18.8 Å². The third-order valence-corrected chi connectivity index (χ3v) is 3.15.